The molecule has 3 rings (SSSR count). The number of hydrogen-bond acceptors (Lipinski definition) is 2. The normalized spacial score (nSPS) is 15.3. The quantitative estimate of drug-likeness (QED) is 0.904. The third kappa shape index (κ3) is 2.58. The van der Waals surface area contributed by atoms with Gasteiger partial charge in [-0.2, -0.15) is 0 Å². The van der Waals surface area contributed by atoms with E-state index in [4.69, 9.17) is 4.74 Å². The van der Waals surface area contributed by atoms with E-state index in [1.54, 1.807) is 7.11 Å². The van der Waals surface area contributed by atoms with Gasteiger partial charge in [0.15, 0.2) is 0 Å². The Morgan fingerprint density at radius 2 is 1.82 bits per heavy atom. The molecule has 0 aliphatic heterocycles. The van der Waals surface area contributed by atoms with Crippen molar-refractivity contribution >= 4 is 17.2 Å². The molecule has 0 bridgehead atoms. The van der Waals surface area contributed by atoms with Gasteiger partial charge in [-0.05, 0) is 65.0 Å². The Balaban J connectivity index is 2.15. The minimum Gasteiger partial charge on any atom is -0.497 e. The van der Waals surface area contributed by atoms with Crippen molar-refractivity contribution in [3.8, 4) is 5.75 Å². The van der Waals surface area contributed by atoms with E-state index < -0.39 is 0 Å². The lowest BCUT2D eigenvalue weighted by Gasteiger charge is -2.07. The molecule has 1 aliphatic rings. The van der Waals surface area contributed by atoms with E-state index in [2.05, 4.69) is 37.3 Å². The van der Waals surface area contributed by atoms with Crippen molar-refractivity contribution in [2.24, 2.45) is 0 Å². The first kappa shape index (κ1) is 14.6. The molecule has 2 nitrogen and oxygen atoms in total. The topological polar surface area (TPSA) is 29.5 Å². The molecule has 0 fully saturated rings. The first-order chi connectivity index (χ1) is 10.7. The van der Waals surface area contributed by atoms with Crippen LogP contribution in [-0.4, -0.2) is 18.8 Å². The molecule has 2 aromatic rings. The van der Waals surface area contributed by atoms with Crippen LogP contribution in [0.15, 0.2) is 54.1 Å². The van der Waals surface area contributed by atoms with E-state index in [-0.39, 0.29) is 6.61 Å². The molecule has 0 spiro atoms. The second-order valence-electron chi connectivity index (χ2n) is 5.46. The highest BCUT2D eigenvalue weighted by Crippen LogP contribution is 2.44. The van der Waals surface area contributed by atoms with Gasteiger partial charge in [0.05, 0.1) is 7.11 Å². The Bertz CT molecular complexity index is 740. The largest absolute Gasteiger partial charge is 0.497 e. The van der Waals surface area contributed by atoms with Gasteiger partial charge in [-0.3, -0.25) is 0 Å². The molecule has 0 atom stereocenters. The summed E-state index contributed by atoms with van der Waals surface area (Å²) in [6.07, 6.45) is 2.88. The molecule has 0 radical (unpaired) electrons. The van der Waals surface area contributed by atoms with Crippen LogP contribution >= 0.6 is 0 Å². The SMILES string of the molecule is COc1ccc2c(c1)C(CCO)=C(C)/C2=C/c1ccccc1. The van der Waals surface area contributed by atoms with Crippen LogP contribution in [0, 0.1) is 0 Å². The van der Waals surface area contributed by atoms with Crippen molar-refractivity contribution in [3.05, 3.63) is 70.8 Å². The van der Waals surface area contributed by atoms with Gasteiger partial charge in [-0.1, -0.05) is 36.4 Å². The zero-order valence-corrected chi connectivity index (χ0v) is 13.0. The number of hydrogen-bond donors (Lipinski definition) is 1. The molecule has 0 heterocycles. The van der Waals surface area contributed by atoms with Crippen molar-refractivity contribution < 1.29 is 9.84 Å². The summed E-state index contributed by atoms with van der Waals surface area (Å²) in [6, 6.07) is 16.5. The van der Waals surface area contributed by atoms with Crippen LogP contribution in [0.4, 0.5) is 0 Å². The number of rotatable bonds is 4. The van der Waals surface area contributed by atoms with Crippen molar-refractivity contribution in [3.63, 3.8) is 0 Å². The first-order valence-electron chi connectivity index (χ1n) is 7.51. The van der Waals surface area contributed by atoms with Crippen LogP contribution < -0.4 is 4.74 Å². The zero-order chi connectivity index (χ0) is 15.5. The average Bonchev–Trinajstić information content (AvgIpc) is 2.81. The van der Waals surface area contributed by atoms with Crippen LogP contribution in [0.1, 0.15) is 30.0 Å². The summed E-state index contributed by atoms with van der Waals surface area (Å²) in [4.78, 5) is 0. The van der Waals surface area contributed by atoms with Crippen molar-refractivity contribution in [1.29, 1.82) is 0 Å². The third-order valence-electron chi connectivity index (χ3n) is 4.17. The molecular weight excluding hydrogens is 272 g/mol. The summed E-state index contributed by atoms with van der Waals surface area (Å²) < 4.78 is 5.35. The second-order valence-corrected chi connectivity index (χ2v) is 5.46. The summed E-state index contributed by atoms with van der Waals surface area (Å²) in [5, 5.41) is 9.39. The van der Waals surface area contributed by atoms with Gasteiger partial charge < -0.3 is 9.84 Å². The Hall–Kier alpha value is -2.32. The first-order valence-corrected chi connectivity index (χ1v) is 7.51. The number of ether oxygens (including phenoxy) is 1. The molecule has 0 amide bonds. The molecule has 0 aromatic heterocycles. The molecule has 112 valence electrons. The summed E-state index contributed by atoms with van der Waals surface area (Å²) >= 11 is 0. The van der Waals surface area contributed by atoms with E-state index in [9.17, 15) is 5.11 Å². The molecule has 2 heteroatoms. The number of aliphatic hydroxyl groups excluding tert-OH is 1. The Labute approximate surface area is 131 Å². The standard InChI is InChI=1S/C20H20O2/c1-14-17(10-11-21)20-13-16(22-2)8-9-18(20)19(14)12-15-6-4-3-5-7-15/h3-9,12-13,21H,10-11H2,1-2H3/b19-12-. The van der Waals surface area contributed by atoms with E-state index in [0.717, 1.165) is 5.75 Å². The van der Waals surface area contributed by atoms with Gasteiger partial charge in [0.2, 0.25) is 0 Å². The number of allylic oxidation sites excluding steroid dienone is 2. The Morgan fingerprint density at radius 3 is 2.50 bits per heavy atom. The monoisotopic (exact) mass is 292 g/mol. The zero-order valence-electron chi connectivity index (χ0n) is 13.0. The van der Waals surface area contributed by atoms with E-state index in [1.165, 1.54) is 33.4 Å². The van der Waals surface area contributed by atoms with Crippen LogP contribution in [0.3, 0.4) is 0 Å². The average molecular weight is 292 g/mol. The van der Waals surface area contributed by atoms with Gasteiger partial charge in [-0.25, -0.2) is 0 Å². The molecular formula is C20H20O2. The van der Waals surface area contributed by atoms with Gasteiger partial charge in [0, 0.05) is 6.61 Å². The molecule has 0 saturated carbocycles. The smallest absolute Gasteiger partial charge is 0.119 e. The Kier molecular flexibility index (Phi) is 4.12. The lowest BCUT2D eigenvalue weighted by atomic mass is 10.0. The summed E-state index contributed by atoms with van der Waals surface area (Å²) in [5.41, 5.74) is 7.24. The molecule has 2 aromatic carbocycles. The molecule has 0 unspecified atom stereocenters. The summed E-state index contributed by atoms with van der Waals surface area (Å²) in [5.74, 6) is 0.850. The Morgan fingerprint density at radius 1 is 1.05 bits per heavy atom. The van der Waals surface area contributed by atoms with Crippen LogP contribution in [0.2, 0.25) is 0 Å². The fourth-order valence-electron chi connectivity index (χ4n) is 3.04. The van der Waals surface area contributed by atoms with Gasteiger partial charge in [-0.15, -0.1) is 0 Å². The fourth-order valence-corrected chi connectivity index (χ4v) is 3.04. The lowest BCUT2D eigenvalue weighted by molar-refractivity contribution is 0.305. The summed E-state index contributed by atoms with van der Waals surface area (Å²) in [7, 11) is 1.68. The van der Waals surface area contributed by atoms with E-state index in [0.29, 0.717) is 6.42 Å². The maximum Gasteiger partial charge on any atom is 0.119 e. The molecule has 1 aliphatic carbocycles. The highest BCUT2D eigenvalue weighted by molar-refractivity contribution is 6.05. The predicted molar refractivity (Wildman–Crippen MR) is 91.6 cm³/mol. The van der Waals surface area contributed by atoms with Crippen LogP contribution in [-0.2, 0) is 0 Å². The third-order valence-corrected chi connectivity index (χ3v) is 4.17. The second kappa shape index (κ2) is 6.20. The van der Waals surface area contributed by atoms with Gasteiger partial charge in [0.1, 0.15) is 5.75 Å². The molecule has 1 N–H and O–H groups in total. The highest BCUT2D eigenvalue weighted by Gasteiger charge is 2.23. The van der Waals surface area contributed by atoms with Gasteiger partial charge in [0.25, 0.3) is 0 Å². The van der Waals surface area contributed by atoms with Crippen molar-refractivity contribution in [2.45, 2.75) is 13.3 Å². The number of methoxy groups -OCH3 is 1. The highest BCUT2D eigenvalue weighted by atomic mass is 16.5. The van der Waals surface area contributed by atoms with E-state index in [1.807, 2.05) is 24.3 Å². The van der Waals surface area contributed by atoms with Crippen LogP contribution in [0.25, 0.3) is 17.2 Å². The maximum absolute atomic E-state index is 9.39. The van der Waals surface area contributed by atoms with Crippen molar-refractivity contribution in [1.82, 2.24) is 0 Å². The lowest BCUT2D eigenvalue weighted by Crippen LogP contribution is -1.90. The van der Waals surface area contributed by atoms with Gasteiger partial charge >= 0.3 is 0 Å². The number of fused-ring (bicyclic) bond motifs is 1. The summed E-state index contributed by atoms with van der Waals surface area (Å²) in [6.45, 7) is 2.29. The predicted octanol–water partition coefficient (Wildman–Crippen LogP) is 4.41. The van der Waals surface area contributed by atoms with Crippen LogP contribution in [0.5, 0.6) is 5.75 Å². The maximum atomic E-state index is 9.39. The molecule has 22 heavy (non-hydrogen) atoms. The van der Waals surface area contributed by atoms with E-state index >= 15 is 0 Å². The molecule has 0 saturated heterocycles. The number of benzene rings is 2. The number of aliphatic hydroxyl groups is 1. The minimum absolute atomic E-state index is 0.155. The van der Waals surface area contributed by atoms with Crippen molar-refractivity contribution in [2.75, 3.05) is 13.7 Å². The fraction of sp³-hybridized carbons (Fsp3) is 0.200. The minimum atomic E-state index is 0.155.